The summed E-state index contributed by atoms with van der Waals surface area (Å²) in [6, 6.07) is 9.60. The number of hydrogen-bond acceptors (Lipinski definition) is 3. The molecule has 0 saturated heterocycles. The van der Waals surface area contributed by atoms with Gasteiger partial charge in [0.25, 0.3) is 0 Å². The second-order valence-electron chi connectivity index (χ2n) is 5.21. The van der Waals surface area contributed by atoms with Gasteiger partial charge in [-0.05, 0) is 25.5 Å². The van der Waals surface area contributed by atoms with E-state index >= 15 is 0 Å². The van der Waals surface area contributed by atoms with Crippen LogP contribution in [0.2, 0.25) is 0 Å². The van der Waals surface area contributed by atoms with E-state index in [9.17, 15) is 4.79 Å². The predicted octanol–water partition coefficient (Wildman–Crippen LogP) is 3.79. The number of nitrogens with one attached hydrogen (secondary N) is 1. The van der Waals surface area contributed by atoms with Gasteiger partial charge in [-0.3, -0.25) is 0 Å². The molecule has 1 atom stereocenters. The molecule has 112 valence electrons. The minimum absolute atomic E-state index is 0.247. The first kappa shape index (κ1) is 16.7. The average Bonchev–Trinajstić information content (AvgIpc) is 2.49. The standard InChI is InChI=1S/C17H27NO2/c1-3-4-5-7-10-15(2)18-13-14-20-17(19)16-11-8-6-9-12-16/h6,8-9,11-12,15,18H,3-5,7,10,13-14H2,1-2H3/t15-/m0/s1. The summed E-state index contributed by atoms with van der Waals surface area (Å²) in [7, 11) is 0. The molecule has 1 aromatic carbocycles. The van der Waals surface area contributed by atoms with Crippen LogP contribution in [0.15, 0.2) is 30.3 Å². The molecule has 0 bridgehead atoms. The van der Waals surface area contributed by atoms with Crippen molar-refractivity contribution >= 4 is 5.97 Å². The topological polar surface area (TPSA) is 38.3 Å². The summed E-state index contributed by atoms with van der Waals surface area (Å²) in [5.74, 6) is -0.247. The van der Waals surface area contributed by atoms with Gasteiger partial charge in [0.2, 0.25) is 0 Å². The molecule has 0 radical (unpaired) electrons. The van der Waals surface area contributed by atoms with Crippen LogP contribution in [-0.2, 0) is 4.74 Å². The lowest BCUT2D eigenvalue weighted by atomic mass is 10.1. The molecule has 20 heavy (non-hydrogen) atoms. The fourth-order valence-electron chi connectivity index (χ4n) is 2.09. The molecule has 0 saturated carbocycles. The molecule has 1 rings (SSSR count). The van der Waals surface area contributed by atoms with Gasteiger partial charge in [0, 0.05) is 12.6 Å². The van der Waals surface area contributed by atoms with Gasteiger partial charge in [0.05, 0.1) is 5.56 Å². The Morgan fingerprint density at radius 3 is 2.65 bits per heavy atom. The van der Waals surface area contributed by atoms with Crippen molar-refractivity contribution < 1.29 is 9.53 Å². The van der Waals surface area contributed by atoms with Crippen molar-refractivity contribution in [3.8, 4) is 0 Å². The molecule has 0 aliphatic heterocycles. The van der Waals surface area contributed by atoms with Crippen molar-refractivity contribution in [2.75, 3.05) is 13.2 Å². The smallest absolute Gasteiger partial charge is 0.338 e. The van der Waals surface area contributed by atoms with Gasteiger partial charge in [0.1, 0.15) is 6.61 Å². The van der Waals surface area contributed by atoms with Crippen molar-refractivity contribution in [2.45, 2.75) is 52.0 Å². The van der Waals surface area contributed by atoms with Crippen LogP contribution < -0.4 is 5.32 Å². The molecule has 3 nitrogen and oxygen atoms in total. The number of carbonyl (C=O) groups is 1. The van der Waals surface area contributed by atoms with Crippen LogP contribution in [0.1, 0.15) is 56.3 Å². The largest absolute Gasteiger partial charge is 0.461 e. The normalized spacial score (nSPS) is 12.1. The Morgan fingerprint density at radius 2 is 1.95 bits per heavy atom. The van der Waals surface area contributed by atoms with Crippen molar-refractivity contribution in [3.63, 3.8) is 0 Å². The van der Waals surface area contributed by atoms with Gasteiger partial charge in [-0.15, -0.1) is 0 Å². The van der Waals surface area contributed by atoms with Crippen LogP contribution in [-0.4, -0.2) is 25.2 Å². The molecule has 0 aliphatic carbocycles. The van der Waals surface area contributed by atoms with Gasteiger partial charge >= 0.3 is 5.97 Å². The molecule has 0 heterocycles. The number of rotatable bonds is 10. The third kappa shape index (κ3) is 7.29. The Bertz CT molecular complexity index is 365. The first-order valence-corrected chi connectivity index (χ1v) is 7.69. The third-order valence-electron chi connectivity index (χ3n) is 3.33. The van der Waals surface area contributed by atoms with Gasteiger partial charge in [-0.2, -0.15) is 0 Å². The van der Waals surface area contributed by atoms with Crippen molar-refractivity contribution in [1.29, 1.82) is 0 Å². The van der Waals surface area contributed by atoms with E-state index in [2.05, 4.69) is 19.2 Å². The van der Waals surface area contributed by atoms with Crippen LogP contribution in [0.5, 0.6) is 0 Å². The fourth-order valence-corrected chi connectivity index (χ4v) is 2.09. The van der Waals surface area contributed by atoms with E-state index in [4.69, 9.17) is 4.74 Å². The molecule has 0 fully saturated rings. The van der Waals surface area contributed by atoms with Crippen molar-refractivity contribution in [2.24, 2.45) is 0 Å². The van der Waals surface area contributed by atoms with Crippen LogP contribution in [0.4, 0.5) is 0 Å². The van der Waals surface area contributed by atoms with E-state index in [-0.39, 0.29) is 5.97 Å². The van der Waals surface area contributed by atoms with Crippen LogP contribution in [0.3, 0.4) is 0 Å². The summed E-state index contributed by atoms with van der Waals surface area (Å²) in [6.07, 6.45) is 6.36. The number of esters is 1. The molecule has 0 amide bonds. The summed E-state index contributed by atoms with van der Waals surface area (Å²) in [4.78, 5) is 11.7. The first-order valence-electron chi connectivity index (χ1n) is 7.69. The van der Waals surface area contributed by atoms with Gasteiger partial charge in [0.15, 0.2) is 0 Å². The Balaban J connectivity index is 2.05. The Kier molecular flexibility index (Phi) is 8.72. The minimum Gasteiger partial charge on any atom is -0.461 e. The van der Waals surface area contributed by atoms with Crippen LogP contribution >= 0.6 is 0 Å². The highest BCUT2D eigenvalue weighted by Crippen LogP contribution is 2.05. The molecular weight excluding hydrogens is 250 g/mol. The lowest BCUT2D eigenvalue weighted by Crippen LogP contribution is -2.30. The Labute approximate surface area is 122 Å². The summed E-state index contributed by atoms with van der Waals surface area (Å²) in [6.45, 7) is 5.55. The van der Waals surface area contributed by atoms with E-state index in [0.29, 0.717) is 24.8 Å². The van der Waals surface area contributed by atoms with E-state index < -0.39 is 0 Å². The molecular formula is C17H27NO2. The van der Waals surface area contributed by atoms with Crippen molar-refractivity contribution in [1.82, 2.24) is 5.32 Å². The molecule has 3 heteroatoms. The maximum atomic E-state index is 11.7. The predicted molar refractivity (Wildman–Crippen MR) is 82.9 cm³/mol. The highest BCUT2D eigenvalue weighted by molar-refractivity contribution is 5.89. The highest BCUT2D eigenvalue weighted by atomic mass is 16.5. The summed E-state index contributed by atoms with van der Waals surface area (Å²) < 4.78 is 5.22. The number of benzene rings is 1. The maximum absolute atomic E-state index is 11.7. The summed E-state index contributed by atoms with van der Waals surface area (Å²) >= 11 is 0. The number of carbonyl (C=O) groups excluding carboxylic acids is 1. The summed E-state index contributed by atoms with van der Waals surface area (Å²) in [5.41, 5.74) is 0.611. The second-order valence-corrected chi connectivity index (χ2v) is 5.21. The van der Waals surface area contributed by atoms with E-state index in [0.717, 1.165) is 0 Å². The number of unbranched alkanes of at least 4 members (excludes halogenated alkanes) is 3. The molecule has 0 spiro atoms. The molecule has 1 aromatic rings. The van der Waals surface area contributed by atoms with E-state index in [1.54, 1.807) is 12.1 Å². The van der Waals surface area contributed by atoms with Crippen LogP contribution in [0, 0.1) is 0 Å². The monoisotopic (exact) mass is 277 g/mol. The zero-order valence-electron chi connectivity index (χ0n) is 12.7. The van der Waals surface area contributed by atoms with Gasteiger partial charge in [-0.1, -0.05) is 50.8 Å². The number of hydrogen-bond donors (Lipinski definition) is 1. The minimum atomic E-state index is -0.247. The highest BCUT2D eigenvalue weighted by Gasteiger charge is 2.06. The SMILES string of the molecule is CCCCCC[C@H](C)NCCOC(=O)c1ccccc1. The average molecular weight is 277 g/mol. The van der Waals surface area contributed by atoms with E-state index in [1.165, 1.54) is 32.1 Å². The summed E-state index contributed by atoms with van der Waals surface area (Å²) in [5, 5.41) is 3.39. The lowest BCUT2D eigenvalue weighted by molar-refractivity contribution is 0.0506. The number of ether oxygens (including phenoxy) is 1. The molecule has 0 unspecified atom stereocenters. The zero-order chi connectivity index (χ0) is 14.6. The first-order chi connectivity index (χ1) is 9.74. The van der Waals surface area contributed by atoms with Crippen molar-refractivity contribution in [3.05, 3.63) is 35.9 Å². The lowest BCUT2D eigenvalue weighted by Gasteiger charge is -2.13. The van der Waals surface area contributed by atoms with Gasteiger partial charge in [-0.25, -0.2) is 4.79 Å². The second kappa shape index (κ2) is 10.4. The maximum Gasteiger partial charge on any atom is 0.338 e. The van der Waals surface area contributed by atoms with Crippen LogP contribution in [0.25, 0.3) is 0 Å². The quantitative estimate of drug-likeness (QED) is 0.522. The third-order valence-corrected chi connectivity index (χ3v) is 3.33. The molecule has 0 aromatic heterocycles. The Hall–Kier alpha value is -1.35. The van der Waals surface area contributed by atoms with Gasteiger partial charge < -0.3 is 10.1 Å². The fraction of sp³-hybridized carbons (Fsp3) is 0.588. The van der Waals surface area contributed by atoms with E-state index in [1.807, 2.05) is 18.2 Å². The molecule has 1 N–H and O–H groups in total. The molecule has 0 aliphatic rings. The Morgan fingerprint density at radius 1 is 1.20 bits per heavy atom. The zero-order valence-corrected chi connectivity index (χ0v) is 12.7.